The van der Waals surface area contributed by atoms with Gasteiger partial charge in [-0.3, -0.25) is 0 Å². The first kappa shape index (κ1) is 31.9. The Morgan fingerprint density at radius 3 is 1.58 bits per heavy atom. The molecule has 0 amide bonds. The molecule has 0 unspecified atom stereocenters. The maximum absolute atomic E-state index is 7.09. The van der Waals surface area contributed by atoms with E-state index in [4.69, 9.17) is 23.8 Å². The average molecular weight is 748 g/mol. The molecule has 0 saturated heterocycles. The summed E-state index contributed by atoms with van der Waals surface area (Å²) in [6.07, 6.45) is 0. The van der Waals surface area contributed by atoms with Gasteiger partial charge in [-0.1, -0.05) is 146 Å². The number of thiophene rings is 1. The second kappa shape index (κ2) is 12.6. The molecule has 0 aliphatic carbocycles. The first-order chi connectivity index (χ1) is 28.2. The minimum Gasteiger partial charge on any atom is -0.455 e. The van der Waals surface area contributed by atoms with Crippen molar-refractivity contribution in [2.24, 2.45) is 0 Å². The summed E-state index contributed by atoms with van der Waals surface area (Å²) in [5.41, 5.74) is 10.2. The number of benzene rings is 8. The zero-order valence-electron chi connectivity index (χ0n) is 30.3. The first-order valence-electron chi connectivity index (χ1n) is 18.9. The maximum Gasteiger partial charge on any atom is 0.167 e. The first-order valence-corrected chi connectivity index (χ1v) is 19.7. The van der Waals surface area contributed by atoms with Crippen LogP contribution in [0.3, 0.4) is 0 Å². The predicted molar refractivity (Wildman–Crippen MR) is 234 cm³/mol. The van der Waals surface area contributed by atoms with Crippen LogP contribution in [-0.2, 0) is 0 Å². The summed E-state index contributed by atoms with van der Waals surface area (Å²) in [7, 11) is 0. The molecule has 0 saturated carbocycles. The van der Waals surface area contributed by atoms with E-state index in [9.17, 15) is 0 Å². The van der Waals surface area contributed by atoms with Gasteiger partial charge in [-0.15, -0.1) is 11.3 Å². The molecule has 0 fully saturated rings. The number of nitrogens with zero attached hydrogens (tertiary/aromatic N) is 3. The van der Waals surface area contributed by atoms with Crippen molar-refractivity contribution < 1.29 is 8.83 Å². The summed E-state index contributed by atoms with van der Waals surface area (Å²) in [5, 5.41) is 6.69. The fourth-order valence-corrected chi connectivity index (χ4v) is 9.51. The van der Waals surface area contributed by atoms with Gasteiger partial charge in [0.05, 0.1) is 5.56 Å². The molecule has 0 atom stereocenters. The Balaban J connectivity index is 1.11. The third kappa shape index (κ3) is 5.04. The third-order valence-corrected chi connectivity index (χ3v) is 12.1. The second-order valence-corrected chi connectivity index (χ2v) is 15.4. The Bertz CT molecular complexity index is 3470. The average Bonchev–Trinajstić information content (AvgIpc) is 3.98. The van der Waals surface area contributed by atoms with Crippen molar-refractivity contribution in [1.82, 2.24) is 15.0 Å². The van der Waals surface area contributed by atoms with E-state index in [0.29, 0.717) is 17.5 Å². The van der Waals surface area contributed by atoms with Gasteiger partial charge in [0.1, 0.15) is 22.3 Å². The van der Waals surface area contributed by atoms with Crippen LogP contribution in [-0.4, -0.2) is 15.0 Å². The van der Waals surface area contributed by atoms with Crippen molar-refractivity contribution >= 4 is 75.4 Å². The molecule has 0 bridgehead atoms. The molecule has 6 heteroatoms. The Kier molecular flexibility index (Phi) is 7.03. The summed E-state index contributed by atoms with van der Waals surface area (Å²) in [5.74, 6) is 1.77. The summed E-state index contributed by atoms with van der Waals surface area (Å²) >= 11 is 1.82. The van der Waals surface area contributed by atoms with Crippen molar-refractivity contribution in [3.63, 3.8) is 0 Å². The summed E-state index contributed by atoms with van der Waals surface area (Å²) in [6, 6.07) is 60.8. The van der Waals surface area contributed by atoms with Crippen molar-refractivity contribution in [2.75, 3.05) is 0 Å². The highest BCUT2D eigenvalue weighted by Gasteiger charge is 2.22. The molecule has 0 spiro atoms. The van der Waals surface area contributed by atoms with Gasteiger partial charge in [0, 0.05) is 64.0 Å². The number of aromatic nitrogens is 3. The van der Waals surface area contributed by atoms with Crippen LogP contribution < -0.4 is 0 Å². The van der Waals surface area contributed by atoms with Crippen LogP contribution in [0.2, 0.25) is 0 Å². The highest BCUT2D eigenvalue weighted by molar-refractivity contribution is 7.26. The van der Waals surface area contributed by atoms with E-state index in [2.05, 4.69) is 97.1 Å². The van der Waals surface area contributed by atoms with E-state index >= 15 is 0 Å². The fourth-order valence-electron chi connectivity index (χ4n) is 8.33. The smallest absolute Gasteiger partial charge is 0.167 e. The minimum absolute atomic E-state index is 0.557. The van der Waals surface area contributed by atoms with Crippen LogP contribution in [0.1, 0.15) is 0 Å². The number of rotatable bonds is 5. The minimum atomic E-state index is 0.557. The topological polar surface area (TPSA) is 65.0 Å². The monoisotopic (exact) mass is 747 g/mol. The lowest BCUT2D eigenvalue weighted by atomic mass is 9.93. The highest BCUT2D eigenvalue weighted by atomic mass is 32.1. The third-order valence-electron chi connectivity index (χ3n) is 10.9. The van der Waals surface area contributed by atoms with Crippen LogP contribution in [0.15, 0.2) is 185 Å². The Morgan fingerprint density at radius 2 is 0.860 bits per heavy atom. The van der Waals surface area contributed by atoms with Crippen molar-refractivity contribution in [2.45, 2.75) is 0 Å². The van der Waals surface area contributed by atoms with E-state index in [0.717, 1.165) is 82.8 Å². The molecule has 5 nitrogen and oxygen atoms in total. The van der Waals surface area contributed by atoms with Gasteiger partial charge in [0.2, 0.25) is 0 Å². The summed E-state index contributed by atoms with van der Waals surface area (Å²) < 4.78 is 16.1. The van der Waals surface area contributed by atoms with Gasteiger partial charge in [0.25, 0.3) is 0 Å². The molecular weight excluding hydrogens is 719 g/mol. The van der Waals surface area contributed by atoms with E-state index in [-0.39, 0.29) is 0 Å². The van der Waals surface area contributed by atoms with E-state index in [1.54, 1.807) is 0 Å². The molecule has 0 radical (unpaired) electrons. The zero-order valence-corrected chi connectivity index (χ0v) is 31.1. The molecule has 0 aliphatic rings. The van der Waals surface area contributed by atoms with Crippen molar-refractivity contribution in [1.29, 1.82) is 0 Å². The summed E-state index contributed by atoms with van der Waals surface area (Å²) in [6.45, 7) is 0. The normalized spacial score (nSPS) is 11.9. The van der Waals surface area contributed by atoms with E-state index in [1.165, 1.54) is 20.2 Å². The van der Waals surface area contributed by atoms with Gasteiger partial charge in [-0.05, 0) is 41.5 Å². The van der Waals surface area contributed by atoms with Gasteiger partial charge in [-0.2, -0.15) is 0 Å². The summed E-state index contributed by atoms with van der Waals surface area (Å²) in [4.78, 5) is 15.1. The fraction of sp³-hybridized carbons (Fsp3) is 0. The van der Waals surface area contributed by atoms with E-state index in [1.807, 2.05) is 90.2 Å². The maximum atomic E-state index is 7.09. The number of hydrogen-bond acceptors (Lipinski definition) is 6. The lowest BCUT2D eigenvalue weighted by molar-refractivity contribution is 0.670. The molecule has 266 valence electrons. The van der Waals surface area contributed by atoms with Crippen LogP contribution in [0.5, 0.6) is 0 Å². The molecule has 0 aliphatic heterocycles. The predicted octanol–water partition coefficient (Wildman–Crippen LogP) is 14.4. The van der Waals surface area contributed by atoms with E-state index < -0.39 is 0 Å². The number of para-hydroxylation sites is 4. The highest BCUT2D eigenvalue weighted by Crippen LogP contribution is 2.47. The molecule has 12 rings (SSSR count). The Labute approximate surface area is 330 Å². The number of hydrogen-bond donors (Lipinski definition) is 0. The van der Waals surface area contributed by atoms with Crippen molar-refractivity contribution in [3.8, 4) is 56.4 Å². The second-order valence-electron chi connectivity index (χ2n) is 14.3. The molecular formula is C51H29N3O2S. The Morgan fingerprint density at radius 1 is 0.333 bits per heavy atom. The lowest BCUT2D eigenvalue weighted by Crippen LogP contribution is -2.00. The molecule has 57 heavy (non-hydrogen) atoms. The molecule has 12 aromatic rings. The SMILES string of the molecule is c1ccc(-c2nc(-c3ccccc3)nc(-c3cccc4c3oc3c(-c5cc(-c6cccc7c6oc6ccccc67)cc6sc7ccccc7c56)cccc34)n2)cc1. The van der Waals surface area contributed by atoms with Crippen LogP contribution in [0.4, 0.5) is 0 Å². The molecule has 0 N–H and O–H groups in total. The Hall–Kier alpha value is -7.41. The number of furan rings is 2. The number of fused-ring (bicyclic) bond motifs is 9. The molecule has 8 aromatic carbocycles. The lowest BCUT2D eigenvalue weighted by Gasteiger charge is -2.10. The largest absolute Gasteiger partial charge is 0.455 e. The standard InChI is InChI=1S/C51H29N3O2S/c1-3-14-30(15-4-1)49-52-50(31-16-5-2-6-17-31)54-51(53-49)40-25-13-23-37-36-22-12-24-38(47(36)56-48(37)40)41-28-32(29-44-45(41)39-19-8-10-27-43(39)57-44)33-20-11-21-35-34-18-7-9-26-42(34)55-46(33)35/h1-29H. The van der Waals surface area contributed by atoms with Crippen molar-refractivity contribution in [3.05, 3.63) is 176 Å². The van der Waals surface area contributed by atoms with Crippen LogP contribution >= 0.6 is 11.3 Å². The van der Waals surface area contributed by atoms with Crippen LogP contribution in [0, 0.1) is 0 Å². The van der Waals surface area contributed by atoms with Gasteiger partial charge >= 0.3 is 0 Å². The van der Waals surface area contributed by atoms with Gasteiger partial charge in [-0.25, -0.2) is 15.0 Å². The quantitative estimate of drug-likeness (QED) is 0.175. The van der Waals surface area contributed by atoms with Gasteiger partial charge < -0.3 is 8.83 Å². The van der Waals surface area contributed by atoms with Crippen LogP contribution in [0.25, 0.3) is 120 Å². The molecule has 4 aromatic heterocycles. The van der Waals surface area contributed by atoms with Gasteiger partial charge in [0.15, 0.2) is 17.5 Å². The molecule has 4 heterocycles. The zero-order chi connectivity index (χ0) is 37.5.